The predicted molar refractivity (Wildman–Crippen MR) is 64.5 cm³/mol. The molecule has 0 radical (unpaired) electrons. The third kappa shape index (κ3) is 2.35. The van der Waals surface area contributed by atoms with E-state index in [-0.39, 0.29) is 17.8 Å². The second-order valence-electron chi connectivity index (χ2n) is 4.71. The molecule has 1 aliphatic rings. The largest absolute Gasteiger partial charge is 0.469 e. The van der Waals surface area contributed by atoms with Gasteiger partial charge in [-0.25, -0.2) is 4.98 Å². The van der Waals surface area contributed by atoms with Crippen LogP contribution in [0.15, 0.2) is 11.6 Å². The lowest BCUT2D eigenvalue weighted by Crippen LogP contribution is -2.30. The second-order valence-corrected chi connectivity index (χ2v) is 5.61. The fourth-order valence-electron chi connectivity index (χ4n) is 2.52. The van der Waals surface area contributed by atoms with Crippen molar-refractivity contribution in [3.8, 4) is 0 Å². The summed E-state index contributed by atoms with van der Waals surface area (Å²) in [4.78, 5) is 15.6. The fraction of sp³-hybridized carbons (Fsp3) is 0.667. The summed E-state index contributed by atoms with van der Waals surface area (Å²) in [7, 11) is 1.41. The molecule has 1 N–H and O–H groups in total. The van der Waals surface area contributed by atoms with Crippen molar-refractivity contribution in [2.75, 3.05) is 7.11 Å². The Hall–Kier alpha value is -0.940. The zero-order valence-corrected chi connectivity index (χ0v) is 10.9. The van der Waals surface area contributed by atoms with Crippen molar-refractivity contribution >= 4 is 17.3 Å². The SMILES string of the molecule is COC(=O)[C@@H]1CC[C@H]([C@@](C)(O)c2nccs2)C1. The lowest BCUT2D eigenvalue weighted by Gasteiger charge is -2.27. The van der Waals surface area contributed by atoms with Crippen LogP contribution in [-0.2, 0) is 15.1 Å². The van der Waals surface area contributed by atoms with Gasteiger partial charge >= 0.3 is 5.97 Å². The summed E-state index contributed by atoms with van der Waals surface area (Å²) in [5.41, 5.74) is -0.934. The molecule has 0 bridgehead atoms. The number of carbonyl (C=O) groups is 1. The van der Waals surface area contributed by atoms with E-state index in [1.807, 2.05) is 5.38 Å². The number of esters is 1. The van der Waals surface area contributed by atoms with Gasteiger partial charge in [0.05, 0.1) is 13.0 Å². The van der Waals surface area contributed by atoms with Gasteiger partial charge in [-0.2, -0.15) is 0 Å². The molecule has 0 amide bonds. The average molecular weight is 255 g/mol. The summed E-state index contributed by atoms with van der Waals surface area (Å²) >= 11 is 1.45. The van der Waals surface area contributed by atoms with Crippen LogP contribution in [0.3, 0.4) is 0 Å². The van der Waals surface area contributed by atoms with E-state index < -0.39 is 5.60 Å². The van der Waals surface area contributed by atoms with Gasteiger partial charge in [-0.3, -0.25) is 4.79 Å². The molecule has 17 heavy (non-hydrogen) atoms. The number of ether oxygens (including phenoxy) is 1. The number of methoxy groups -OCH3 is 1. The Morgan fingerprint density at radius 2 is 2.41 bits per heavy atom. The normalized spacial score (nSPS) is 27.7. The molecule has 3 atom stereocenters. The van der Waals surface area contributed by atoms with Gasteiger partial charge in [-0.05, 0) is 32.1 Å². The minimum Gasteiger partial charge on any atom is -0.469 e. The molecule has 2 rings (SSSR count). The van der Waals surface area contributed by atoms with Crippen LogP contribution in [0.5, 0.6) is 0 Å². The van der Waals surface area contributed by atoms with E-state index >= 15 is 0 Å². The molecule has 0 aromatic carbocycles. The number of hydrogen-bond acceptors (Lipinski definition) is 5. The maximum atomic E-state index is 11.5. The number of rotatable bonds is 3. The highest BCUT2D eigenvalue weighted by molar-refractivity contribution is 7.09. The highest BCUT2D eigenvalue weighted by Gasteiger charge is 2.42. The van der Waals surface area contributed by atoms with Crippen LogP contribution in [0.4, 0.5) is 0 Å². The Morgan fingerprint density at radius 3 is 3.00 bits per heavy atom. The van der Waals surface area contributed by atoms with Crippen LogP contribution in [0, 0.1) is 11.8 Å². The Kier molecular flexibility index (Phi) is 3.49. The van der Waals surface area contributed by atoms with Crippen LogP contribution in [0.1, 0.15) is 31.2 Å². The predicted octanol–water partition coefficient (Wildman–Crippen LogP) is 1.94. The first-order chi connectivity index (χ1) is 8.05. The summed E-state index contributed by atoms with van der Waals surface area (Å²) in [5.74, 6) is -0.156. The van der Waals surface area contributed by atoms with E-state index in [1.165, 1.54) is 18.4 Å². The van der Waals surface area contributed by atoms with Crippen LogP contribution in [0.25, 0.3) is 0 Å². The Morgan fingerprint density at radius 1 is 1.65 bits per heavy atom. The van der Waals surface area contributed by atoms with E-state index in [4.69, 9.17) is 4.74 Å². The van der Waals surface area contributed by atoms with Gasteiger partial charge in [-0.15, -0.1) is 11.3 Å². The summed E-state index contributed by atoms with van der Waals surface area (Å²) in [6.45, 7) is 1.79. The lowest BCUT2D eigenvalue weighted by atomic mass is 9.87. The lowest BCUT2D eigenvalue weighted by molar-refractivity contribution is -0.145. The Balaban J connectivity index is 2.08. The van der Waals surface area contributed by atoms with E-state index in [2.05, 4.69) is 4.98 Å². The highest BCUT2D eigenvalue weighted by Crippen LogP contribution is 2.43. The summed E-state index contributed by atoms with van der Waals surface area (Å²) in [6.07, 6.45) is 4.01. The van der Waals surface area contributed by atoms with Crippen LogP contribution >= 0.6 is 11.3 Å². The van der Waals surface area contributed by atoms with Crippen molar-refractivity contribution in [3.05, 3.63) is 16.6 Å². The molecule has 1 heterocycles. The Labute approximate surface area is 105 Å². The van der Waals surface area contributed by atoms with E-state index in [0.717, 1.165) is 17.8 Å². The molecule has 1 saturated carbocycles. The molecular weight excluding hydrogens is 238 g/mol. The molecule has 0 saturated heterocycles. The third-order valence-electron chi connectivity index (χ3n) is 3.63. The maximum absolute atomic E-state index is 11.5. The maximum Gasteiger partial charge on any atom is 0.308 e. The Bertz CT molecular complexity index is 388. The van der Waals surface area contributed by atoms with E-state index in [1.54, 1.807) is 13.1 Å². The third-order valence-corrected chi connectivity index (χ3v) is 4.63. The molecule has 0 unspecified atom stereocenters. The van der Waals surface area contributed by atoms with Gasteiger partial charge in [0.15, 0.2) is 0 Å². The molecule has 0 spiro atoms. The number of aromatic nitrogens is 1. The number of hydrogen-bond donors (Lipinski definition) is 1. The molecule has 94 valence electrons. The van der Waals surface area contributed by atoms with E-state index in [0.29, 0.717) is 6.42 Å². The highest BCUT2D eigenvalue weighted by atomic mass is 32.1. The molecule has 1 aromatic heterocycles. The topological polar surface area (TPSA) is 59.4 Å². The van der Waals surface area contributed by atoms with E-state index in [9.17, 15) is 9.90 Å². The van der Waals surface area contributed by atoms with Crippen LogP contribution < -0.4 is 0 Å². The monoisotopic (exact) mass is 255 g/mol. The first-order valence-corrected chi connectivity index (χ1v) is 6.64. The quantitative estimate of drug-likeness (QED) is 0.839. The van der Waals surface area contributed by atoms with Gasteiger partial charge < -0.3 is 9.84 Å². The van der Waals surface area contributed by atoms with Gasteiger partial charge in [0.25, 0.3) is 0 Å². The van der Waals surface area contributed by atoms with Crippen LogP contribution in [0.2, 0.25) is 0 Å². The van der Waals surface area contributed by atoms with Crippen molar-refractivity contribution in [1.82, 2.24) is 4.98 Å². The minimum absolute atomic E-state index is 0.0727. The van der Waals surface area contributed by atoms with Crippen molar-refractivity contribution in [2.24, 2.45) is 11.8 Å². The second kappa shape index (κ2) is 4.74. The molecule has 5 heteroatoms. The summed E-state index contributed by atoms with van der Waals surface area (Å²) < 4.78 is 4.75. The zero-order chi connectivity index (χ0) is 12.5. The number of aliphatic hydroxyl groups is 1. The van der Waals surface area contributed by atoms with Crippen LogP contribution in [-0.4, -0.2) is 23.2 Å². The zero-order valence-electron chi connectivity index (χ0n) is 10.0. The van der Waals surface area contributed by atoms with Crippen molar-refractivity contribution in [2.45, 2.75) is 31.8 Å². The minimum atomic E-state index is -0.934. The number of thiazole rings is 1. The van der Waals surface area contributed by atoms with Crippen molar-refractivity contribution in [3.63, 3.8) is 0 Å². The molecule has 1 fully saturated rings. The van der Waals surface area contributed by atoms with Gasteiger partial charge in [0, 0.05) is 11.6 Å². The summed E-state index contributed by atoms with van der Waals surface area (Å²) in [6, 6.07) is 0. The smallest absolute Gasteiger partial charge is 0.308 e. The average Bonchev–Trinajstić information content (AvgIpc) is 2.98. The van der Waals surface area contributed by atoms with Gasteiger partial charge in [0.2, 0.25) is 0 Å². The molecule has 0 aliphatic heterocycles. The van der Waals surface area contributed by atoms with Crippen molar-refractivity contribution in [1.29, 1.82) is 0 Å². The first kappa shape index (κ1) is 12.5. The number of carbonyl (C=O) groups excluding carboxylic acids is 1. The van der Waals surface area contributed by atoms with Crippen molar-refractivity contribution < 1.29 is 14.6 Å². The fourth-order valence-corrected chi connectivity index (χ4v) is 3.30. The molecule has 1 aromatic rings. The molecule has 4 nitrogen and oxygen atoms in total. The van der Waals surface area contributed by atoms with Gasteiger partial charge in [-0.1, -0.05) is 0 Å². The van der Waals surface area contributed by atoms with Gasteiger partial charge in [0.1, 0.15) is 10.6 Å². The standard InChI is InChI=1S/C12H17NO3S/c1-12(15,11-13-5-6-17-11)9-4-3-8(7-9)10(14)16-2/h5-6,8-9,15H,3-4,7H2,1-2H3/t8-,9+,12-/m1/s1. The molecule has 1 aliphatic carbocycles. The first-order valence-electron chi connectivity index (χ1n) is 5.76. The summed E-state index contributed by atoms with van der Waals surface area (Å²) in [5, 5.41) is 13.1. The molecular formula is C12H17NO3S. The number of nitrogens with zero attached hydrogens (tertiary/aromatic N) is 1.